The third kappa shape index (κ3) is 3.27. The number of hydrogen-bond acceptors (Lipinski definition) is 6. The summed E-state index contributed by atoms with van der Waals surface area (Å²) < 4.78 is 16.8. The van der Waals surface area contributed by atoms with Crippen LogP contribution in [0.2, 0.25) is 0 Å². The normalized spacial score (nSPS) is 10.7. The summed E-state index contributed by atoms with van der Waals surface area (Å²) in [5.41, 5.74) is 1.08. The van der Waals surface area contributed by atoms with E-state index in [1.807, 2.05) is 30.3 Å². The van der Waals surface area contributed by atoms with Crippen LogP contribution in [-0.4, -0.2) is 37.1 Å². The number of hydrogen-bond donors (Lipinski definition) is 1. The number of carbonyl (C=O) groups is 1. The number of nitrogens with one attached hydrogen (secondary N) is 1. The van der Waals surface area contributed by atoms with E-state index in [1.54, 1.807) is 39.5 Å². The van der Waals surface area contributed by atoms with Gasteiger partial charge in [-0.1, -0.05) is 30.3 Å². The minimum Gasteiger partial charge on any atom is -0.493 e. The monoisotopic (exact) mass is 389 g/mol. The lowest BCUT2D eigenvalue weighted by molar-refractivity contribution is 0.0962. The third-order valence-corrected chi connectivity index (χ3v) is 4.66. The van der Waals surface area contributed by atoms with Gasteiger partial charge in [-0.25, -0.2) is 9.97 Å². The molecule has 7 heteroatoms. The summed E-state index contributed by atoms with van der Waals surface area (Å²) >= 11 is 0. The highest BCUT2D eigenvalue weighted by molar-refractivity contribution is 6.09. The first-order chi connectivity index (χ1) is 14.2. The van der Waals surface area contributed by atoms with Crippen LogP contribution < -0.4 is 19.5 Å². The number of rotatable bonds is 5. The molecule has 1 heterocycles. The van der Waals surface area contributed by atoms with Crippen LogP contribution in [0.25, 0.3) is 21.7 Å². The van der Waals surface area contributed by atoms with Crippen LogP contribution in [0.1, 0.15) is 10.4 Å². The van der Waals surface area contributed by atoms with E-state index in [9.17, 15) is 4.79 Å². The predicted octanol–water partition coefficient (Wildman–Crippen LogP) is 3.95. The fraction of sp³-hybridized carbons (Fsp3) is 0.136. The van der Waals surface area contributed by atoms with Crippen LogP contribution in [-0.2, 0) is 0 Å². The topological polar surface area (TPSA) is 82.6 Å². The quantitative estimate of drug-likeness (QED) is 0.556. The van der Waals surface area contributed by atoms with Gasteiger partial charge in [-0.05, 0) is 22.9 Å². The molecule has 0 saturated carbocycles. The highest BCUT2D eigenvalue weighted by Gasteiger charge is 2.18. The lowest BCUT2D eigenvalue weighted by Crippen LogP contribution is -2.19. The molecule has 0 fully saturated rings. The zero-order valence-electron chi connectivity index (χ0n) is 16.2. The van der Waals surface area contributed by atoms with Crippen LogP contribution in [0.4, 0.5) is 0 Å². The predicted molar refractivity (Wildman–Crippen MR) is 110 cm³/mol. The Balaban J connectivity index is 1.89. The molecule has 0 radical (unpaired) electrons. The molecule has 0 aliphatic rings. The maximum absolute atomic E-state index is 12.6. The van der Waals surface area contributed by atoms with E-state index in [0.717, 1.165) is 10.8 Å². The molecule has 3 aromatic carbocycles. The van der Waals surface area contributed by atoms with Crippen LogP contribution in [0.15, 0.2) is 54.9 Å². The molecular weight excluding hydrogens is 370 g/mol. The molecule has 1 amide bonds. The zero-order chi connectivity index (χ0) is 20.4. The van der Waals surface area contributed by atoms with Gasteiger partial charge in [0.2, 0.25) is 5.88 Å². The van der Waals surface area contributed by atoms with Crippen molar-refractivity contribution in [1.82, 2.24) is 15.3 Å². The molecule has 29 heavy (non-hydrogen) atoms. The second kappa shape index (κ2) is 7.63. The molecule has 0 saturated heterocycles. The van der Waals surface area contributed by atoms with Crippen molar-refractivity contribution in [1.29, 1.82) is 0 Å². The van der Waals surface area contributed by atoms with Gasteiger partial charge in [0.25, 0.3) is 5.91 Å². The summed E-state index contributed by atoms with van der Waals surface area (Å²) in [7, 11) is 4.71. The number of fused-ring (bicyclic) bond motifs is 2. The van der Waals surface area contributed by atoms with Crippen LogP contribution in [0.3, 0.4) is 0 Å². The van der Waals surface area contributed by atoms with Crippen LogP contribution >= 0.6 is 0 Å². The highest BCUT2D eigenvalue weighted by Crippen LogP contribution is 2.37. The second-order valence-corrected chi connectivity index (χ2v) is 6.24. The Hall–Kier alpha value is -3.87. The number of benzene rings is 3. The van der Waals surface area contributed by atoms with E-state index in [1.165, 1.54) is 6.33 Å². The van der Waals surface area contributed by atoms with Crippen molar-refractivity contribution in [3.05, 3.63) is 60.4 Å². The molecular formula is C22H19N3O4. The molecule has 1 N–H and O–H groups in total. The van der Waals surface area contributed by atoms with Crippen molar-refractivity contribution >= 4 is 27.6 Å². The Bertz CT molecular complexity index is 1220. The van der Waals surface area contributed by atoms with E-state index in [4.69, 9.17) is 14.2 Å². The number of aromatic nitrogens is 2. The molecule has 7 nitrogen and oxygen atoms in total. The number of amides is 1. The first-order valence-electron chi connectivity index (χ1n) is 8.94. The first-order valence-corrected chi connectivity index (χ1v) is 8.94. The van der Waals surface area contributed by atoms with Crippen LogP contribution in [0.5, 0.6) is 23.1 Å². The summed E-state index contributed by atoms with van der Waals surface area (Å²) in [6, 6.07) is 14.8. The van der Waals surface area contributed by atoms with E-state index in [-0.39, 0.29) is 5.91 Å². The summed E-state index contributed by atoms with van der Waals surface area (Å²) in [5.74, 6) is 1.56. The lowest BCUT2D eigenvalue weighted by atomic mass is 10.0. The molecule has 0 unspecified atom stereocenters. The fourth-order valence-electron chi connectivity index (χ4n) is 3.24. The summed E-state index contributed by atoms with van der Waals surface area (Å²) in [4.78, 5) is 21.2. The van der Waals surface area contributed by atoms with Gasteiger partial charge in [-0.2, -0.15) is 0 Å². The van der Waals surface area contributed by atoms with E-state index >= 15 is 0 Å². The molecule has 0 spiro atoms. The molecule has 146 valence electrons. The maximum atomic E-state index is 12.6. The molecule has 0 aliphatic carbocycles. The number of methoxy groups -OCH3 is 2. The molecule has 4 rings (SSSR count). The minimum atomic E-state index is -0.241. The highest BCUT2D eigenvalue weighted by atomic mass is 16.5. The Kier molecular flexibility index (Phi) is 4.87. The second-order valence-electron chi connectivity index (χ2n) is 6.24. The molecule has 0 aliphatic heterocycles. The maximum Gasteiger partial charge on any atom is 0.255 e. The summed E-state index contributed by atoms with van der Waals surface area (Å²) in [5, 5.41) is 5.06. The van der Waals surface area contributed by atoms with Gasteiger partial charge in [0.1, 0.15) is 12.1 Å². The van der Waals surface area contributed by atoms with Crippen molar-refractivity contribution in [3.8, 4) is 23.1 Å². The number of carbonyl (C=O) groups excluding carboxylic acids is 1. The fourth-order valence-corrected chi connectivity index (χ4v) is 3.24. The van der Waals surface area contributed by atoms with Crippen molar-refractivity contribution in [2.45, 2.75) is 0 Å². The SMILES string of the molecule is CNC(=O)c1c(Oc2ncnc3cc(OC)c(OC)cc23)ccc2ccccc12. The van der Waals surface area contributed by atoms with Gasteiger partial charge in [0.15, 0.2) is 11.5 Å². The average molecular weight is 389 g/mol. The van der Waals surface area contributed by atoms with Gasteiger partial charge in [-0.15, -0.1) is 0 Å². The average Bonchev–Trinajstić information content (AvgIpc) is 2.77. The van der Waals surface area contributed by atoms with Gasteiger partial charge in [-0.3, -0.25) is 4.79 Å². The summed E-state index contributed by atoms with van der Waals surface area (Å²) in [6.45, 7) is 0. The largest absolute Gasteiger partial charge is 0.493 e. The Labute approximate surface area is 167 Å². The van der Waals surface area contributed by atoms with Crippen molar-refractivity contribution in [2.75, 3.05) is 21.3 Å². The third-order valence-electron chi connectivity index (χ3n) is 4.66. The van der Waals surface area contributed by atoms with Gasteiger partial charge >= 0.3 is 0 Å². The standard InChI is InChI=1S/C22H19N3O4/c1-23-21(26)20-14-7-5-4-6-13(14)8-9-17(20)29-22-15-10-18(27-2)19(28-3)11-16(15)24-12-25-22/h4-12H,1-3H3,(H,23,26). The molecule has 1 aromatic heterocycles. The van der Waals surface area contributed by atoms with Gasteiger partial charge in [0.05, 0.1) is 30.7 Å². The van der Waals surface area contributed by atoms with Crippen LogP contribution in [0, 0.1) is 0 Å². The lowest BCUT2D eigenvalue weighted by Gasteiger charge is -2.14. The van der Waals surface area contributed by atoms with E-state index < -0.39 is 0 Å². The van der Waals surface area contributed by atoms with Gasteiger partial charge in [0, 0.05) is 13.1 Å². The molecule has 0 bridgehead atoms. The first kappa shape index (κ1) is 18.5. The molecule has 0 atom stereocenters. The minimum absolute atomic E-state index is 0.241. The Morgan fingerprint density at radius 3 is 2.41 bits per heavy atom. The summed E-state index contributed by atoms with van der Waals surface area (Å²) in [6.07, 6.45) is 1.41. The van der Waals surface area contributed by atoms with Gasteiger partial charge < -0.3 is 19.5 Å². The number of ether oxygens (including phenoxy) is 3. The van der Waals surface area contributed by atoms with E-state index in [0.29, 0.717) is 39.6 Å². The zero-order valence-corrected chi connectivity index (χ0v) is 16.2. The number of nitrogens with zero attached hydrogens (tertiary/aromatic N) is 2. The Morgan fingerprint density at radius 1 is 0.897 bits per heavy atom. The van der Waals surface area contributed by atoms with Crippen molar-refractivity contribution < 1.29 is 19.0 Å². The van der Waals surface area contributed by atoms with Crippen molar-refractivity contribution in [3.63, 3.8) is 0 Å². The smallest absolute Gasteiger partial charge is 0.255 e. The van der Waals surface area contributed by atoms with Crippen molar-refractivity contribution in [2.24, 2.45) is 0 Å². The Morgan fingerprint density at radius 2 is 1.66 bits per heavy atom. The molecule has 4 aromatic rings. The van der Waals surface area contributed by atoms with E-state index in [2.05, 4.69) is 15.3 Å².